The van der Waals surface area contributed by atoms with Gasteiger partial charge in [0.1, 0.15) is 11.6 Å². The number of nitrogens with one attached hydrogen (secondary N) is 1. The highest BCUT2D eigenvalue weighted by Gasteiger charge is 2.32. The Kier molecular flexibility index (Phi) is 6.41. The van der Waals surface area contributed by atoms with Gasteiger partial charge in [0.05, 0.1) is 29.5 Å². The lowest BCUT2D eigenvalue weighted by molar-refractivity contribution is -0.125. The summed E-state index contributed by atoms with van der Waals surface area (Å²) in [4.78, 5) is 29.3. The topological polar surface area (TPSA) is 71.1 Å². The first-order valence-electron chi connectivity index (χ1n) is 10.1. The smallest absolute Gasteiger partial charge is 0.267 e. The van der Waals surface area contributed by atoms with E-state index in [1.807, 2.05) is 0 Å². The molecule has 2 heterocycles. The van der Waals surface area contributed by atoms with E-state index in [2.05, 4.69) is 10.2 Å². The number of nitrogens with zero attached hydrogens (tertiary/aromatic N) is 2. The molecule has 4 rings (SSSR count). The van der Waals surface area contributed by atoms with Gasteiger partial charge in [-0.3, -0.25) is 14.5 Å². The van der Waals surface area contributed by atoms with Crippen molar-refractivity contribution >= 4 is 34.8 Å². The highest BCUT2D eigenvalue weighted by atomic mass is 35.5. The second kappa shape index (κ2) is 9.21. The van der Waals surface area contributed by atoms with E-state index in [1.54, 1.807) is 30.0 Å². The normalized spacial score (nSPS) is 19.0. The molecule has 0 bridgehead atoms. The van der Waals surface area contributed by atoms with Crippen LogP contribution in [-0.2, 0) is 9.53 Å². The van der Waals surface area contributed by atoms with Gasteiger partial charge in [0.15, 0.2) is 6.10 Å². The SMILES string of the molecule is CC1Oc2ccc(NC(=O)c3c(F)cccc3Cl)cc2N(CCN2CCOCC2)C1=O. The van der Waals surface area contributed by atoms with Crippen LogP contribution in [-0.4, -0.2) is 62.2 Å². The lowest BCUT2D eigenvalue weighted by Crippen LogP contribution is -2.48. The van der Waals surface area contributed by atoms with Crippen molar-refractivity contribution in [1.82, 2.24) is 4.90 Å². The van der Waals surface area contributed by atoms with E-state index in [0.29, 0.717) is 43.4 Å². The number of benzene rings is 2. The zero-order valence-corrected chi connectivity index (χ0v) is 17.8. The molecule has 1 fully saturated rings. The molecule has 1 N–H and O–H groups in total. The second-order valence-electron chi connectivity index (χ2n) is 7.44. The third-order valence-corrected chi connectivity index (χ3v) is 5.67. The summed E-state index contributed by atoms with van der Waals surface area (Å²) in [6.07, 6.45) is -0.602. The van der Waals surface area contributed by atoms with E-state index in [9.17, 15) is 14.0 Å². The third-order valence-electron chi connectivity index (χ3n) is 5.36. The molecular weight excluding hydrogens is 425 g/mol. The highest BCUT2D eigenvalue weighted by molar-refractivity contribution is 6.34. The number of carbonyl (C=O) groups excluding carboxylic acids is 2. The number of morpholine rings is 1. The van der Waals surface area contributed by atoms with Crippen LogP contribution in [0.5, 0.6) is 5.75 Å². The molecule has 0 radical (unpaired) electrons. The van der Waals surface area contributed by atoms with Gasteiger partial charge in [-0.25, -0.2) is 4.39 Å². The average molecular weight is 448 g/mol. The van der Waals surface area contributed by atoms with E-state index in [4.69, 9.17) is 21.1 Å². The van der Waals surface area contributed by atoms with Crippen LogP contribution in [0.15, 0.2) is 36.4 Å². The Labute approximate surface area is 184 Å². The molecule has 164 valence electrons. The van der Waals surface area contributed by atoms with Crippen LogP contribution in [0.3, 0.4) is 0 Å². The van der Waals surface area contributed by atoms with Crippen LogP contribution in [0.4, 0.5) is 15.8 Å². The summed E-state index contributed by atoms with van der Waals surface area (Å²) >= 11 is 5.99. The fourth-order valence-electron chi connectivity index (χ4n) is 3.69. The van der Waals surface area contributed by atoms with Crippen molar-refractivity contribution in [3.63, 3.8) is 0 Å². The van der Waals surface area contributed by atoms with Gasteiger partial charge < -0.3 is 19.7 Å². The molecule has 2 amide bonds. The maximum absolute atomic E-state index is 14.1. The lowest BCUT2D eigenvalue weighted by atomic mass is 10.1. The number of hydrogen-bond acceptors (Lipinski definition) is 5. The van der Waals surface area contributed by atoms with Gasteiger partial charge in [-0.15, -0.1) is 0 Å². The van der Waals surface area contributed by atoms with Gasteiger partial charge >= 0.3 is 0 Å². The zero-order chi connectivity index (χ0) is 22.0. The molecule has 7 nitrogen and oxygen atoms in total. The van der Waals surface area contributed by atoms with Crippen LogP contribution in [0, 0.1) is 5.82 Å². The van der Waals surface area contributed by atoms with Gasteiger partial charge in [-0.2, -0.15) is 0 Å². The molecule has 9 heteroatoms. The summed E-state index contributed by atoms with van der Waals surface area (Å²) in [6.45, 7) is 5.89. The Hall–Kier alpha value is -2.68. The zero-order valence-electron chi connectivity index (χ0n) is 17.1. The van der Waals surface area contributed by atoms with E-state index in [0.717, 1.165) is 13.1 Å². The molecule has 2 aromatic rings. The Balaban J connectivity index is 1.55. The fraction of sp³-hybridized carbons (Fsp3) is 0.364. The van der Waals surface area contributed by atoms with Crippen molar-refractivity contribution in [2.75, 3.05) is 49.6 Å². The minimum absolute atomic E-state index is 0.0231. The first kappa shape index (κ1) is 21.5. The Morgan fingerprint density at radius 1 is 1.23 bits per heavy atom. The average Bonchev–Trinajstić information content (AvgIpc) is 2.75. The van der Waals surface area contributed by atoms with Crippen LogP contribution in [0.1, 0.15) is 17.3 Å². The fourth-order valence-corrected chi connectivity index (χ4v) is 3.94. The molecular formula is C22H23ClFN3O4. The van der Waals surface area contributed by atoms with Crippen molar-refractivity contribution in [2.24, 2.45) is 0 Å². The van der Waals surface area contributed by atoms with Crippen LogP contribution in [0.2, 0.25) is 5.02 Å². The van der Waals surface area contributed by atoms with E-state index in [1.165, 1.54) is 18.2 Å². The summed E-state index contributed by atoms with van der Waals surface area (Å²) in [5.74, 6) is -0.973. The molecule has 0 aliphatic carbocycles. The molecule has 0 aromatic heterocycles. The summed E-state index contributed by atoms with van der Waals surface area (Å²) in [6, 6.07) is 9.06. The van der Waals surface area contributed by atoms with Crippen molar-refractivity contribution < 1.29 is 23.5 Å². The first-order valence-corrected chi connectivity index (χ1v) is 10.5. The van der Waals surface area contributed by atoms with Crippen molar-refractivity contribution in [3.8, 4) is 5.75 Å². The van der Waals surface area contributed by atoms with Crippen molar-refractivity contribution in [2.45, 2.75) is 13.0 Å². The molecule has 1 saturated heterocycles. The molecule has 1 atom stereocenters. The van der Waals surface area contributed by atoms with E-state index in [-0.39, 0.29) is 16.5 Å². The Morgan fingerprint density at radius 2 is 2.00 bits per heavy atom. The largest absolute Gasteiger partial charge is 0.479 e. The predicted octanol–water partition coefficient (Wildman–Crippen LogP) is 3.18. The van der Waals surface area contributed by atoms with Crippen molar-refractivity contribution in [1.29, 1.82) is 0 Å². The van der Waals surface area contributed by atoms with Crippen LogP contribution in [0.25, 0.3) is 0 Å². The van der Waals surface area contributed by atoms with E-state index < -0.39 is 17.8 Å². The highest BCUT2D eigenvalue weighted by Crippen LogP contribution is 2.36. The lowest BCUT2D eigenvalue weighted by Gasteiger charge is -2.35. The molecule has 2 aliphatic rings. The second-order valence-corrected chi connectivity index (χ2v) is 7.84. The third kappa shape index (κ3) is 4.66. The summed E-state index contributed by atoms with van der Waals surface area (Å²) in [5.41, 5.74) is 0.742. The summed E-state index contributed by atoms with van der Waals surface area (Å²) in [5, 5.41) is 2.68. The van der Waals surface area contributed by atoms with Gasteiger partial charge in [-0.05, 0) is 37.3 Å². The summed E-state index contributed by atoms with van der Waals surface area (Å²) in [7, 11) is 0. The first-order chi connectivity index (χ1) is 14.9. The van der Waals surface area contributed by atoms with Crippen molar-refractivity contribution in [3.05, 3.63) is 52.8 Å². The van der Waals surface area contributed by atoms with Gasteiger partial charge in [-0.1, -0.05) is 17.7 Å². The monoisotopic (exact) mass is 447 g/mol. The predicted molar refractivity (Wildman–Crippen MR) is 116 cm³/mol. The van der Waals surface area contributed by atoms with Crippen LogP contribution >= 0.6 is 11.6 Å². The molecule has 0 saturated carbocycles. The maximum Gasteiger partial charge on any atom is 0.267 e. The number of anilines is 2. The van der Waals surface area contributed by atoms with Gasteiger partial charge in [0.2, 0.25) is 0 Å². The number of ether oxygens (including phenoxy) is 2. The van der Waals surface area contributed by atoms with Gasteiger partial charge in [0, 0.05) is 31.9 Å². The number of carbonyl (C=O) groups is 2. The number of hydrogen-bond donors (Lipinski definition) is 1. The minimum atomic E-state index is -0.706. The quantitative estimate of drug-likeness (QED) is 0.762. The number of amides is 2. The summed E-state index contributed by atoms with van der Waals surface area (Å²) < 4.78 is 25.2. The Bertz CT molecular complexity index is 976. The molecule has 0 spiro atoms. The molecule has 1 unspecified atom stereocenters. The maximum atomic E-state index is 14.1. The van der Waals surface area contributed by atoms with Crippen LogP contribution < -0.4 is 15.0 Å². The molecule has 31 heavy (non-hydrogen) atoms. The number of fused-ring (bicyclic) bond motifs is 1. The number of halogens is 2. The Morgan fingerprint density at radius 3 is 2.74 bits per heavy atom. The molecule has 2 aromatic carbocycles. The van der Waals surface area contributed by atoms with Gasteiger partial charge in [0.25, 0.3) is 11.8 Å². The number of rotatable bonds is 5. The molecule has 2 aliphatic heterocycles. The van der Waals surface area contributed by atoms with E-state index >= 15 is 0 Å². The standard InChI is InChI=1S/C22H23ClFN3O4/c1-14-22(29)27(8-7-26-9-11-30-12-10-26)18-13-15(5-6-19(18)31-14)25-21(28)20-16(23)3-2-4-17(20)24/h2-6,13-14H,7-12H2,1H3,(H,25,28). The minimum Gasteiger partial charge on any atom is -0.479 e.